The maximum atomic E-state index is 12.4. The van der Waals surface area contributed by atoms with Gasteiger partial charge in [-0.2, -0.15) is 0 Å². The van der Waals surface area contributed by atoms with Crippen molar-refractivity contribution in [2.75, 3.05) is 23.3 Å². The molecule has 2 aromatic heterocycles. The number of aryl methyl sites for hydroxylation is 2. The smallest absolute Gasteiger partial charge is 0.257 e. The van der Waals surface area contributed by atoms with Crippen molar-refractivity contribution in [3.05, 3.63) is 83.0 Å². The molecule has 0 spiro atoms. The molecular weight excluding hydrogens is 460 g/mol. The number of hydrogen-bond donors (Lipinski definition) is 1. The zero-order chi connectivity index (χ0) is 24.1. The summed E-state index contributed by atoms with van der Waals surface area (Å²) in [4.78, 5) is 25.8. The third-order valence-corrected chi connectivity index (χ3v) is 7.37. The van der Waals surface area contributed by atoms with E-state index in [1.807, 2.05) is 5.38 Å². The predicted molar refractivity (Wildman–Crippen MR) is 143 cm³/mol. The highest BCUT2D eigenvalue weighted by Crippen LogP contribution is 2.36. The summed E-state index contributed by atoms with van der Waals surface area (Å²) >= 11 is 3.20. The Bertz CT molecular complexity index is 1240. The van der Waals surface area contributed by atoms with Crippen LogP contribution in [0.15, 0.2) is 76.1 Å². The van der Waals surface area contributed by atoms with Crippen LogP contribution in [0.1, 0.15) is 35.3 Å². The number of carbonyl (C=O) groups excluding carboxylic acids is 1. The van der Waals surface area contributed by atoms with Crippen LogP contribution in [0.3, 0.4) is 0 Å². The summed E-state index contributed by atoms with van der Waals surface area (Å²) in [5.41, 5.74) is 6.14. The quantitative estimate of drug-likeness (QED) is 0.287. The van der Waals surface area contributed by atoms with Crippen molar-refractivity contribution in [2.45, 2.75) is 37.5 Å². The molecule has 0 radical (unpaired) electrons. The molecule has 1 N–H and O–H groups in total. The molecule has 7 heteroatoms. The summed E-state index contributed by atoms with van der Waals surface area (Å²) in [6.45, 7) is 10.6. The predicted octanol–water partition coefficient (Wildman–Crippen LogP) is 7.07. The first-order valence-corrected chi connectivity index (χ1v) is 13.0. The SMILES string of the molecule is CCN(CC)c1ccc(Sc2cc(C)c(-c3csc(NC(=O)c4ccncc4)n3)c(C)c2)cc1. The molecular formula is C27H28N4OS2. The van der Waals surface area contributed by atoms with Crippen molar-refractivity contribution in [3.8, 4) is 11.3 Å². The standard InChI is InChI=1S/C27H28N4OS2/c1-5-31(6-2)21-7-9-22(10-8-21)34-23-15-18(3)25(19(4)16-23)24-17-33-27(29-24)30-26(32)20-11-13-28-14-12-20/h7-17H,5-6H2,1-4H3,(H,29,30,32). The van der Waals surface area contributed by atoms with E-state index in [-0.39, 0.29) is 5.91 Å². The van der Waals surface area contributed by atoms with Gasteiger partial charge in [0.2, 0.25) is 0 Å². The average Bonchev–Trinajstić information content (AvgIpc) is 3.29. The van der Waals surface area contributed by atoms with Crippen molar-refractivity contribution < 1.29 is 4.79 Å². The van der Waals surface area contributed by atoms with Crippen LogP contribution in [0.4, 0.5) is 10.8 Å². The van der Waals surface area contributed by atoms with Crippen LogP contribution in [0.25, 0.3) is 11.3 Å². The molecule has 34 heavy (non-hydrogen) atoms. The Labute approximate surface area is 209 Å². The van der Waals surface area contributed by atoms with Gasteiger partial charge >= 0.3 is 0 Å². The molecule has 1 amide bonds. The monoisotopic (exact) mass is 488 g/mol. The number of hydrogen-bond acceptors (Lipinski definition) is 6. The van der Waals surface area contributed by atoms with Crippen LogP contribution in [0.2, 0.25) is 0 Å². The lowest BCUT2D eigenvalue weighted by Gasteiger charge is -2.21. The van der Waals surface area contributed by atoms with E-state index in [2.05, 4.69) is 84.3 Å². The van der Waals surface area contributed by atoms with Gasteiger partial charge < -0.3 is 4.90 Å². The molecule has 2 heterocycles. The summed E-state index contributed by atoms with van der Waals surface area (Å²) in [5, 5.41) is 5.47. The van der Waals surface area contributed by atoms with Crippen molar-refractivity contribution in [1.82, 2.24) is 9.97 Å². The fourth-order valence-corrected chi connectivity index (χ4v) is 5.67. The Kier molecular flexibility index (Phi) is 7.65. The Morgan fingerprint density at radius 2 is 1.62 bits per heavy atom. The van der Waals surface area contributed by atoms with Crippen molar-refractivity contribution in [2.24, 2.45) is 0 Å². The Balaban J connectivity index is 1.49. The molecule has 0 aliphatic carbocycles. The minimum atomic E-state index is -0.185. The molecule has 0 unspecified atom stereocenters. The van der Waals surface area contributed by atoms with Gasteiger partial charge in [0.15, 0.2) is 5.13 Å². The minimum absolute atomic E-state index is 0.185. The number of rotatable bonds is 8. The van der Waals surface area contributed by atoms with Gasteiger partial charge in [-0.05, 0) is 87.4 Å². The number of benzene rings is 2. The molecule has 2 aromatic carbocycles. The zero-order valence-corrected chi connectivity index (χ0v) is 21.5. The van der Waals surface area contributed by atoms with E-state index in [0.29, 0.717) is 10.7 Å². The number of anilines is 2. The zero-order valence-electron chi connectivity index (χ0n) is 19.8. The van der Waals surface area contributed by atoms with Gasteiger partial charge in [-0.3, -0.25) is 15.1 Å². The molecule has 4 aromatic rings. The largest absolute Gasteiger partial charge is 0.372 e. The third kappa shape index (κ3) is 5.48. The van der Waals surface area contributed by atoms with Gasteiger partial charge in [0, 0.05) is 57.5 Å². The van der Waals surface area contributed by atoms with E-state index in [9.17, 15) is 4.79 Å². The molecule has 5 nitrogen and oxygen atoms in total. The molecule has 0 saturated heterocycles. The molecule has 0 aliphatic rings. The molecule has 0 atom stereocenters. The molecule has 0 aliphatic heterocycles. The molecule has 174 valence electrons. The Hall–Kier alpha value is -3.16. The van der Waals surface area contributed by atoms with Gasteiger partial charge in [-0.15, -0.1) is 11.3 Å². The van der Waals surface area contributed by atoms with Crippen molar-refractivity contribution in [1.29, 1.82) is 0 Å². The molecule has 0 saturated carbocycles. The molecule has 0 bridgehead atoms. The van der Waals surface area contributed by atoms with Crippen LogP contribution in [-0.2, 0) is 0 Å². The van der Waals surface area contributed by atoms with Crippen LogP contribution >= 0.6 is 23.1 Å². The number of amides is 1. The highest BCUT2D eigenvalue weighted by atomic mass is 32.2. The van der Waals surface area contributed by atoms with Crippen LogP contribution < -0.4 is 10.2 Å². The Morgan fingerprint density at radius 3 is 2.24 bits per heavy atom. The second-order valence-corrected chi connectivity index (χ2v) is 9.93. The second-order valence-electron chi connectivity index (χ2n) is 7.93. The van der Waals surface area contributed by atoms with E-state index in [1.54, 1.807) is 36.3 Å². The lowest BCUT2D eigenvalue weighted by Crippen LogP contribution is -2.21. The summed E-state index contributed by atoms with van der Waals surface area (Å²) in [6, 6.07) is 16.6. The lowest BCUT2D eigenvalue weighted by atomic mass is 10.0. The summed E-state index contributed by atoms with van der Waals surface area (Å²) in [6.07, 6.45) is 3.21. The second kappa shape index (κ2) is 10.8. The number of nitrogens with zero attached hydrogens (tertiary/aromatic N) is 3. The summed E-state index contributed by atoms with van der Waals surface area (Å²) < 4.78 is 0. The molecule has 0 fully saturated rings. The lowest BCUT2D eigenvalue weighted by molar-refractivity contribution is 0.102. The number of carbonyl (C=O) groups is 1. The third-order valence-electron chi connectivity index (χ3n) is 5.63. The fraction of sp³-hybridized carbons (Fsp3) is 0.222. The van der Waals surface area contributed by atoms with E-state index in [4.69, 9.17) is 0 Å². The van der Waals surface area contributed by atoms with Gasteiger partial charge in [0.25, 0.3) is 5.91 Å². The Morgan fingerprint density at radius 1 is 0.971 bits per heavy atom. The van der Waals surface area contributed by atoms with Crippen LogP contribution in [0, 0.1) is 13.8 Å². The topological polar surface area (TPSA) is 58.1 Å². The highest BCUT2D eigenvalue weighted by molar-refractivity contribution is 7.99. The van der Waals surface area contributed by atoms with Gasteiger partial charge in [0.1, 0.15) is 0 Å². The van der Waals surface area contributed by atoms with E-state index >= 15 is 0 Å². The number of pyridine rings is 1. The molecule has 4 rings (SSSR count). The van der Waals surface area contributed by atoms with E-state index < -0.39 is 0 Å². The summed E-state index contributed by atoms with van der Waals surface area (Å²) in [7, 11) is 0. The van der Waals surface area contributed by atoms with Crippen molar-refractivity contribution in [3.63, 3.8) is 0 Å². The number of thiazole rings is 1. The van der Waals surface area contributed by atoms with Crippen LogP contribution in [-0.4, -0.2) is 29.0 Å². The first-order valence-electron chi connectivity index (χ1n) is 11.3. The van der Waals surface area contributed by atoms with Gasteiger partial charge in [0.05, 0.1) is 5.69 Å². The maximum absolute atomic E-state index is 12.4. The fourth-order valence-electron chi connectivity index (χ4n) is 3.96. The van der Waals surface area contributed by atoms with Gasteiger partial charge in [-0.25, -0.2) is 4.98 Å². The van der Waals surface area contributed by atoms with E-state index in [0.717, 1.165) is 24.3 Å². The minimum Gasteiger partial charge on any atom is -0.372 e. The van der Waals surface area contributed by atoms with E-state index in [1.165, 1.54) is 37.9 Å². The summed E-state index contributed by atoms with van der Waals surface area (Å²) in [5.74, 6) is -0.185. The van der Waals surface area contributed by atoms with Crippen LogP contribution in [0.5, 0.6) is 0 Å². The number of nitrogens with one attached hydrogen (secondary N) is 1. The normalized spacial score (nSPS) is 10.8. The number of aromatic nitrogens is 2. The van der Waals surface area contributed by atoms with Gasteiger partial charge in [-0.1, -0.05) is 11.8 Å². The van der Waals surface area contributed by atoms with Crippen molar-refractivity contribution >= 4 is 39.8 Å². The first-order chi connectivity index (χ1) is 16.5. The highest BCUT2D eigenvalue weighted by Gasteiger charge is 2.14. The maximum Gasteiger partial charge on any atom is 0.257 e. The first kappa shape index (κ1) is 24.0. The average molecular weight is 489 g/mol.